The van der Waals surface area contributed by atoms with Crippen LogP contribution in [0.2, 0.25) is 0 Å². The number of aromatic nitrogens is 3. The fourth-order valence-corrected chi connectivity index (χ4v) is 4.54. The standard InChI is InChI=1S/C23H27FN6.H2/c1-16(2)28-11-23(12-28)13-29(14-23)21-8-17(3)7-19(10-21)26-22-25-15-30(27-22)20-6-4-5-18(24)9-20;/h4-10,15-16H,11-14H2,1-3H3,(H,26,27);1H. The Morgan fingerprint density at radius 1 is 1.07 bits per heavy atom. The molecule has 1 N–H and O–H groups in total. The lowest BCUT2D eigenvalue weighted by Crippen LogP contribution is -2.73. The Hall–Kier alpha value is -2.93. The first-order valence-electron chi connectivity index (χ1n) is 10.4. The molecular formula is C23H29FN6. The number of benzene rings is 2. The third-order valence-corrected chi connectivity index (χ3v) is 6.11. The fourth-order valence-electron chi connectivity index (χ4n) is 4.54. The van der Waals surface area contributed by atoms with E-state index in [2.05, 4.69) is 64.2 Å². The molecule has 0 atom stereocenters. The van der Waals surface area contributed by atoms with Crippen LogP contribution in [-0.4, -0.2) is 51.9 Å². The molecule has 2 aliphatic heterocycles. The summed E-state index contributed by atoms with van der Waals surface area (Å²) in [5.74, 6) is 0.193. The summed E-state index contributed by atoms with van der Waals surface area (Å²) in [4.78, 5) is 9.32. The van der Waals surface area contributed by atoms with Crippen molar-refractivity contribution in [1.29, 1.82) is 0 Å². The number of anilines is 3. The van der Waals surface area contributed by atoms with Crippen LogP contribution in [0.25, 0.3) is 5.69 Å². The zero-order chi connectivity index (χ0) is 20.9. The van der Waals surface area contributed by atoms with Gasteiger partial charge in [0.15, 0.2) is 0 Å². The number of halogens is 1. The lowest BCUT2D eigenvalue weighted by Gasteiger charge is -2.62. The van der Waals surface area contributed by atoms with E-state index in [0.29, 0.717) is 23.1 Å². The van der Waals surface area contributed by atoms with Crippen LogP contribution in [0, 0.1) is 18.2 Å². The summed E-state index contributed by atoms with van der Waals surface area (Å²) in [6, 6.07) is 13.4. The maximum Gasteiger partial charge on any atom is 0.246 e. The van der Waals surface area contributed by atoms with Gasteiger partial charge in [0.25, 0.3) is 0 Å². The predicted molar refractivity (Wildman–Crippen MR) is 119 cm³/mol. The first kappa shape index (κ1) is 19.1. The maximum absolute atomic E-state index is 13.5. The second-order valence-corrected chi connectivity index (χ2v) is 9.03. The molecule has 0 unspecified atom stereocenters. The summed E-state index contributed by atoms with van der Waals surface area (Å²) in [7, 11) is 0. The molecule has 2 aromatic carbocycles. The third-order valence-electron chi connectivity index (χ3n) is 6.11. The number of rotatable bonds is 5. The van der Waals surface area contributed by atoms with Crippen LogP contribution in [0.15, 0.2) is 48.8 Å². The number of likely N-dealkylation sites (tertiary alicyclic amines) is 1. The lowest BCUT2D eigenvalue weighted by atomic mass is 9.72. The summed E-state index contributed by atoms with van der Waals surface area (Å²) in [6.07, 6.45) is 1.59. The SMILES string of the molecule is Cc1cc(Nc2ncn(-c3cccc(F)c3)n2)cc(N2CC3(C2)CN(C(C)C)C3)c1.[HH]. The van der Waals surface area contributed by atoms with Crippen molar-refractivity contribution in [2.75, 3.05) is 36.4 Å². The van der Waals surface area contributed by atoms with Crippen LogP contribution in [0.5, 0.6) is 0 Å². The average molecular weight is 409 g/mol. The van der Waals surface area contributed by atoms with Crippen LogP contribution >= 0.6 is 0 Å². The second kappa shape index (κ2) is 7.09. The zero-order valence-corrected chi connectivity index (χ0v) is 17.6. The van der Waals surface area contributed by atoms with Crippen molar-refractivity contribution >= 4 is 17.3 Å². The first-order chi connectivity index (χ1) is 14.4. The van der Waals surface area contributed by atoms with Gasteiger partial charge in [-0.25, -0.2) is 9.07 Å². The highest BCUT2D eigenvalue weighted by Crippen LogP contribution is 2.43. The molecular weight excluding hydrogens is 379 g/mol. The predicted octanol–water partition coefficient (Wildman–Crippen LogP) is 4.23. The van der Waals surface area contributed by atoms with Gasteiger partial charge in [0.05, 0.1) is 5.69 Å². The Balaban J connectivity index is 0.00000231. The Morgan fingerprint density at radius 2 is 1.87 bits per heavy atom. The number of nitrogens with zero attached hydrogens (tertiary/aromatic N) is 5. The minimum Gasteiger partial charge on any atom is -0.370 e. The van der Waals surface area contributed by atoms with Gasteiger partial charge < -0.3 is 10.2 Å². The monoisotopic (exact) mass is 408 g/mol. The summed E-state index contributed by atoms with van der Waals surface area (Å²) in [5.41, 5.74) is 4.50. The van der Waals surface area contributed by atoms with Gasteiger partial charge >= 0.3 is 0 Å². The minimum absolute atomic E-state index is 0. The quantitative estimate of drug-likeness (QED) is 0.685. The van der Waals surface area contributed by atoms with E-state index in [0.717, 1.165) is 18.8 Å². The topological polar surface area (TPSA) is 49.2 Å². The molecule has 158 valence electrons. The number of hydrogen-bond donors (Lipinski definition) is 1. The molecule has 5 rings (SSSR count). The van der Waals surface area contributed by atoms with Gasteiger partial charge in [-0.3, -0.25) is 4.90 Å². The smallest absolute Gasteiger partial charge is 0.246 e. The number of nitrogens with one attached hydrogen (secondary N) is 1. The molecule has 30 heavy (non-hydrogen) atoms. The van der Waals surface area contributed by atoms with Crippen LogP contribution in [-0.2, 0) is 0 Å². The molecule has 1 spiro atoms. The van der Waals surface area contributed by atoms with E-state index >= 15 is 0 Å². The molecule has 0 aliphatic carbocycles. The van der Waals surface area contributed by atoms with Crippen molar-refractivity contribution in [2.24, 2.45) is 5.41 Å². The Bertz CT molecular complexity index is 1070. The molecule has 2 saturated heterocycles. The molecule has 3 aromatic rings. The fraction of sp³-hybridized carbons (Fsp3) is 0.391. The van der Waals surface area contributed by atoms with Crippen molar-refractivity contribution in [3.63, 3.8) is 0 Å². The number of hydrogen-bond acceptors (Lipinski definition) is 5. The van der Waals surface area contributed by atoms with Gasteiger partial charge in [-0.1, -0.05) is 6.07 Å². The van der Waals surface area contributed by atoms with Crippen molar-refractivity contribution in [3.8, 4) is 5.69 Å². The molecule has 0 radical (unpaired) electrons. The molecule has 0 saturated carbocycles. The van der Waals surface area contributed by atoms with Gasteiger partial charge in [0.2, 0.25) is 5.95 Å². The Kier molecular flexibility index (Phi) is 4.50. The summed E-state index contributed by atoms with van der Waals surface area (Å²) in [5, 5.41) is 7.73. The van der Waals surface area contributed by atoms with Crippen LogP contribution in [0.4, 0.5) is 21.7 Å². The zero-order valence-electron chi connectivity index (χ0n) is 17.6. The van der Waals surface area contributed by atoms with Crippen LogP contribution in [0.3, 0.4) is 0 Å². The molecule has 3 heterocycles. The molecule has 7 heteroatoms. The molecule has 2 aliphatic rings. The molecule has 0 bridgehead atoms. The van der Waals surface area contributed by atoms with Gasteiger partial charge in [0.1, 0.15) is 12.1 Å². The highest BCUT2D eigenvalue weighted by Gasteiger charge is 2.52. The van der Waals surface area contributed by atoms with Gasteiger partial charge in [-0.2, -0.15) is 4.98 Å². The largest absolute Gasteiger partial charge is 0.370 e. The summed E-state index contributed by atoms with van der Waals surface area (Å²) in [6.45, 7) is 11.3. The van der Waals surface area contributed by atoms with Crippen molar-refractivity contribution in [1.82, 2.24) is 19.7 Å². The molecule has 1 aromatic heterocycles. The second-order valence-electron chi connectivity index (χ2n) is 9.03. The van der Waals surface area contributed by atoms with Crippen molar-refractivity contribution < 1.29 is 5.82 Å². The lowest BCUT2D eigenvalue weighted by molar-refractivity contribution is -0.0411. The van der Waals surface area contributed by atoms with Gasteiger partial charge in [-0.15, -0.1) is 5.10 Å². The van der Waals surface area contributed by atoms with Crippen molar-refractivity contribution in [2.45, 2.75) is 26.8 Å². The Morgan fingerprint density at radius 3 is 2.60 bits per heavy atom. The van der Waals surface area contributed by atoms with E-state index < -0.39 is 0 Å². The highest BCUT2D eigenvalue weighted by molar-refractivity contribution is 5.65. The summed E-state index contributed by atoms with van der Waals surface area (Å²) < 4.78 is 15.0. The van der Waals surface area contributed by atoms with E-state index in [9.17, 15) is 4.39 Å². The third kappa shape index (κ3) is 3.54. The van der Waals surface area contributed by atoms with Crippen LogP contribution in [0.1, 0.15) is 20.8 Å². The molecule has 0 amide bonds. The normalized spacial score (nSPS) is 17.8. The van der Waals surface area contributed by atoms with E-state index in [1.807, 2.05) is 0 Å². The van der Waals surface area contributed by atoms with Crippen LogP contribution < -0.4 is 10.2 Å². The average Bonchev–Trinajstić information content (AvgIpc) is 3.07. The highest BCUT2D eigenvalue weighted by atomic mass is 19.1. The Labute approximate surface area is 177 Å². The van der Waals surface area contributed by atoms with E-state index in [1.165, 1.54) is 36.5 Å². The van der Waals surface area contributed by atoms with E-state index in [-0.39, 0.29) is 7.24 Å². The summed E-state index contributed by atoms with van der Waals surface area (Å²) >= 11 is 0. The van der Waals surface area contributed by atoms with E-state index in [4.69, 9.17) is 0 Å². The van der Waals surface area contributed by atoms with E-state index in [1.54, 1.807) is 23.1 Å². The number of aryl methyl sites for hydroxylation is 1. The molecule has 2 fully saturated rings. The molecule has 6 nitrogen and oxygen atoms in total. The minimum atomic E-state index is -0.295. The van der Waals surface area contributed by atoms with Gasteiger partial charge in [0, 0.05) is 50.4 Å². The first-order valence-corrected chi connectivity index (χ1v) is 10.4. The van der Waals surface area contributed by atoms with Gasteiger partial charge in [-0.05, 0) is 62.7 Å². The van der Waals surface area contributed by atoms with Crippen molar-refractivity contribution in [3.05, 3.63) is 60.2 Å². The maximum atomic E-state index is 13.5.